The molecule has 0 saturated carbocycles. The molecule has 5 rings (SSSR count). The molecule has 0 saturated heterocycles. The van der Waals surface area contributed by atoms with Crippen molar-refractivity contribution in [1.82, 2.24) is 25.2 Å². The van der Waals surface area contributed by atoms with Crippen molar-refractivity contribution in [3.8, 4) is 0 Å². The number of hydrazine groups is 1. The van der Waals surface area contributed by atoms with Crippen molar-refractivity contribution in [2.45, 2.75) is 20.0 Å². The number of carbonyl (C=O) groups is 2. The Hall–Kier alpha value is -4.79. The summed E-state index contributed by atoms with van der Waals surface area (Å²) in [5.74, 6) is -1.62. The standard InChI is InChI=1S/C27H22FN5O3/c1-2-33-27(36)20-12-6-5-11-19(20)24(31-33)26(35)30-29-25(34)23-15-17-9-4-8-14-22(17)32(23)16-18-10-3-7-13-21(18)28/h3-15H,2,16H2,1H3,(H,29,34)(H,30,35). The van der Waals surface area contributed by atoms with Gasteiger partial charge in [0.05, 0.1) is 11.9 Å². The molecule has 0 unspecified atom stereocenters. The van der Waals surface area contributed by atoms with Crippen LogP contribution in [0.5, 0.6) is 0 Å². The molecule has 9 heteroatoms. The molecule has 36 heavy (non-hydrogen) atoms. The van der Waals surface area contributed by atoms with Crippen LogP contribution in [0.2, 0.25) is 0 Å². The Balaban J connectivity index is 1.45. The largest absolute Gasteiger partial charge is 0.332 e. The number of amides is 2. The second-order valence-electron chi connectivity index (χ2n) is 8.19. The van der Waals surface area contributed by atoms with Crippen LogP contribution in [0, 0.1) is 5.82 Å². The summed E-state index contributed by atoms with van der Waals surface area (Å²) in [7, 11) is 0. The van der Waals surface area contributed by atoms with Crippen LogP contribution in [0.25, 0.3) is 21.7 Å². The Bertz CT molecular complexity index is 1690. The van der Waals surface area contributed by atoms with Gasteiger partial charge in [-0.3, -0.25) is 25.2 Å². The summed E-state index contributed by atoms with van der Waals surface area (Å²) in [4.78, 5) is 38.7. The van der Waals surface area contributed by atoms with E-state index in [-0.39, 0.29) is 35.9 Å². The van der Waals surface area contributed by atoms with E-state index in [4.69, 9.17) is 0 Å². The first kappa shape index (κ1) is 23.0. The highest BCUT2D eigenvalue weighted by Crippen LogP contribution is 2.22. The lowest BCUT2D eigenvalue weighted by atomic mass is 10.1. The molecule has 0 radical (unpaired) electrons. The zero-order valence-electron chi connectivity index (χ0n) is 19.4. The number of halogens is 1. The first-order valence-electron chi connectivity index (χ1n) is 11.4. The number of aromatic nitrogens is 3. The Morgan fingerprint density at radius 1 is 0.889 bits per heavy atom. The minimum Gasteiger partial charge on any atom is -0.332 e. The highest BCUT2D eigenvalue weighted by molar-refractivity contribution is 6.06. The normalized spacial score (nSPS) is 11.1. The Morgan fingerprint density at radius 3 is 2.33 bits per heavy atom. The van der Waals surface area contributed by atoms with Gasteiger partial charge in [0.25, 0.3) is 17.4 Å². The number of fused-ring (bicyclic) bond motifs is 2. The molecule has 0 atom stereocenters. The summed E-state index contributed by atoms with van der Waals surface area (Å²) in [5, 5.41) is 5.72. The highest BCUT2D eigenvalue weighted by Gasteiger charge is 2.20. The summed E-state index contributed by atoms with van der Waals surface area (Å²) < 4.78 is 17.3. The second-order valence-corrected chi connectivity index (χ2v) is 8.19. The fourth-order valence-corrected chi connectivity index (χ4v) is 4.22. The molecule has 0 aliphatic rings. The minimum absolute atomic E-state index is 0.0132. The Labute approximate surface area is 204 Å². The smallest absolute Gasteiger partial charge is 0.290 e. The number of benzene rings is 3. The van der Waals surface area contributed by atoms with Crippen LogP contribution < -0.4 is 16.4 Å². The van der Waals surface area contributed by atoms with Gasteiger partial charge in [-0.1, -0.05) is 54.6 Å². The maximum Gasteiger partial charge on any atom is 0.290 e. The molecule has 0 aliphatic carbocycles. The Kier molecular flexibility index (Phi) is 6.03. The van der Waals surface area contributed by atoms with Gasteiger partial charge in [0.1, 0.15) is 11.5 Å². The summed E-state index contributed by atoms with van der Waals surface area (Å²) in [6, 6.07) is 22.1. The molecule has 180 valence electrons. The topological polar surface area (TPSA) is 98.0 Å². The van der Waals surface area contributed by atoms with E-state index < -0.39 is 11.8 Å². The zero-order chi connectivity index (χ0) is 25.2. The summed E-state index contributed by atoms with van der Waals surface area (Å²) in [5.41, 5.74) is 5.97. The van der Waals surface area contributed by atoms with Gasteiger partial charge in [0.2, 0.25) is 0 Å². The summed E-state index contributed by atoms with van der Waals surface area (Å²) >= 11 is 0. The first-order chi connectivity index (χ1) is 17.5. The number of hydrogen-bond donors (Lipinski definition) is 2. The van der Waals surface area contributed by atoms with Crippen molar-refractivity contribution in [3.63, 3.8) is 0 Å². The lowest BCUT2D eigenvalue weighted by molar-refractivity contribution is 0.0839. The monoisotopic (exact) mass is 483 g/mol. The minimum atomic E-state index is -0.668. The molecule has 0 aliphatic heterocycles. The fourth-order valence-electron chi connectivity index (χ4n) is 4.22. The number of para-hydroxylation sites is 1. The highest BCUT2D eigenvalue weighted by atomic mass is 19.1. The predicted octanol–water partition coefficient (Wildman–Crippen LogP) is 3.63. The van der Waals surface area contributed by atoms with Crippen molar-refractivity contribution in [2.24, 2.45) is 0 Å². The molecule has 2 heterocycles. The van der Waals surface area contributed by atoms with E-state index in [9.17, 15) is 18.8 Å². The number of nitrogens with zero attached hydrogens (tertiary/aromatic N) is 3. The maximum absolute atomic E-state index is 14.4. The number of rotatable bonds is 5. The fraction of sp³-hybridized carbons (Fsp3) is 0.111. The molecule has 0 fully saturated rings. The van der Waals surface area contributed by atoms with Crippen LogP contribution in [-0.4, -0.2) is 26.2 Å². The molecular weight excluding hydrogens is 461 g/mol. The van der Waals surface area contributed by atoms with Crippen molar-refractivity contribution >= 4 is 33.5 Å². The molecule has 8 nitrogen and oxygen atoms in total. The quantitative estimate of drug-likeness (QED) is 0.373. The van der Waals surface area contributed by atoms with Crippen LogP contribution in [0.4, 0.5) is 4.39 Å². The second kappa shape index (κ2) is 9.46. The average molecular weight is 484 g/mol. The molecule has 2 aromatic heterocycles. The molecule has 3 aromatic carbocycles. The third-order valence-electron chi connectivity index (χ3n) is 6.00. The molecular formula is C27H22FN5O3. The average Bonchev–Trinajstić information content (AvgIpc) is 3.27. The molecule has 0 spiro atoms. The van der Waals surface area contributed by atoms with E-state index >= 15 is 0 Å². The molecule has 2 N–H and O–H groups in total. The third kappa shape index (κ3) is 4.11. The van der Waals surface area contributed by atoms with E-state index in [1.807, 2.05) is 24.3 Å². The predicted molar refractivity (Wildman–Crippen MR) is 134 cm³/mol. The summed E-state index contributed by atoms with van der Waals surface area (Å²) in [6.07, 6.45) is 0. The Morgan fingerprint density at radius 2 is 1.56 bits per heavy atom. The van der Waals surface area contributed by atoms with E-state index in [0.717, 1.165) is 10.9 Å². The van der Waals surface area contributed by atoms with Gasteiger partial charge in [0.15, 0.2) is 5.69 Å². The van der Waals surface area contributed by atoms with Crippen LogP contribution in [0.15, 0.2) is 83.7 Å². The van der Waals surface area contributed by atoms with Crippen LogP contribution in [-0.2, 0) is 13.1 Å². The number of carbonyl (C=O) groups excluding carboxylic acids is 2. The molecule has 5 aromatic rings. The van der Waals surface area contributed by atoms with Gasteiger partial charge >= 0.3 is 0 Å². The molecule has 0 bridgehead atoms. The number of hydrogen-bond acceptors (Lipinski definition) is 4. The number of aryl methyl sites for hydroxylation is 1. The van der Waals surface area contributed by atoms with Gasteiger partial charge in [-0.2, -0.15) is 5.10 Å². The zero-order valence-corrected chi connectivity index (χ0v) is 19.4. The van der Waals surface area contributed by atoms with Gasteiger partial charge < -0.3 is 4.57 Å². The summed E-state index contributed by atoms with van der Waals surface area (Å²) in [6.45, 7) is 2.16. The van der Waals surface area contributed by atoms with Crippen LogP contribution in [0.3, 0.4) is 0 Å². The maximum atomic E-state index is 14.4. The lowest BCUT2D eigenvalue weighted by Gasteiger charge is -2.13. The van der Waals surface area contributed by atoms with Crippen molar-refractivity contribution < 1.29 is 14.0 Å². The third-order valence-corrected chi connectivity index (χ3v) is 6.00. The van der Waals surface area contributed by atoms with Gasteiger partial charge in [0, 0.05) is 28.4 Å². The SMILES string of the molecule is CCn1nc(C(=O)NNC(=O)c2cc3ccccc3n2Cc2ccccc2F)c2ccccc2c1=O. The van der Waals surface area contributed by atoms with Crippen LogP contribution in [0.1, 0.15) is 33.5 Å². The van der Waals surface area contributed by atoms with Crippen molar-refractivity contribution in [3.05, 3.63) is 112 Å². The van der Waals surface area contributed by atoms with Gasteiger partial charge in [-0.25, -0.2) is 9.07 Å². The van der Waals surface area contributed by atoms with Crippen molar-refractivity contribution in [1.29, 1.82) is 0 Å². The van der Waals surface area contributed by atoms with Gasteiger partial charge in [-0.05, 0) is 31.2 Å². The van der Waals surface area contributed by atoms with E-state index in [2.05, 4.69) is 16.0 Å². The van der Waals surface area contributed by atoms with E-state index in [1.165, 1.54) is 10.7 Å². The number of nitrogens with one attached hydrogen (secondary N) is 2. The first-order valence-corrected chi connectivity index (χ1v) is 11.4. The van der Waals surface area contributed by atoms with E-state index in [0.29, 0.717) is 16.3 Å². The van der Waals surface area contributed by atoms with E-state index in [1.54, 1.807) is 60.0 Å². The van der Waals surface area contributed by atoms with Crippen molar-refractivity contribution in [2.75, 3.05) is 0 Å². The molecule has 2 amide bonds. The van der Waals surface area contributed by atoms with Crippen LogP contribution >= 0.6 is 0 Å². The van der Waals surface area contributed by atoms with Gasteiger partial charge in [-0.15, -0.1) is 0 Å². The lowest BCUT2D eigenvalue weighted by Crippen LogP contribution is -2.43.